The van der Waals surface area contributed by atoms with Crippen LogP contribution >= 0.6 is 11.3 Å². The maximum atomic E-state index is 12.5. The van der Waals surface area contributed by atoms with Gasteiger partial charge in [0.15, 0.2) is 5.13 Å². The Morgan fingerprint density at radius 2 is 2.04 bits per heavy atom. The van der Waals surface area contributed by atoms with Crippen molar-refractivity contribution >= 4 is 28.1 Å². The van der Waals surface area contributed by atoms with Crippen molar-refractivity contribution in [2.24, 2.45) is 0 Å². The lowest BCUT2D eigenvalue weighted by Gasteiger charge is -2.09. The number of nitro groups is 1. The normalized spacial score (nSPS) is 10.7. The van der Waals surface area contributed by atoms with E-state index >= 15 is 0 Å². The predicted molar refractivity (Wildman–Crippen MR) is 100.0 cm³/mol. The molecule has 1 amide bonds. The molecule has 0 aliphatic carbocycles. The first-order valence-corrected chi connectivity index (χ1v) is 8.79. The standard InChI is InChI=1S/C18H13F2N3O4S/c1-10-6-7-11(8-14(10)23(25)26)13-9-28-18(21-13)22-16(24)12-4-2-3-5-15(12)27-17(19)20/h2-9,17H,1H3,(H,21,22,24). The van der Waals surface area contributed by atoms with Crippen molar-refractivity contribution < 1.29 is 23.2 Å². The molecule has 7 nitrogen and oxygen atoms in total. The Morgan fingerprint density at radius 3 is 2.75 bits per heavy atom. The maximum Gasteiger partial charge on any atom is 0.387 e. The number of thiazole rings is 1. The third kappa shape index (κ3) is 4.29. The van der Waals surface area contributed by atoms with E-state index < -0.39 is 17.4 Å². The van der Waals surface area contributed by atoms with Gasteiger partial charge in [0, 0.05) is 22.6 Å². The number of hydrogen-bond acceptors (Lipinski definition) is 6. The molecule has 3 rings (SSSR count). The molecule has 0 radical (unpaired) electrons. The summed E-state index contributed by atoms with van der Waals surface area (Å²) >= 11 is 1.10. The Kier molecular flexibility index (Phi) is 5.59. The number of amides is 1. The zero-order chi connectivity index (χ0) is 20.3. The summed E-state index contributed by atoms with van der Waals surface area (Å²) in [5.74, 6) is -0.909. The van der Waals surface area contributed by atoms with Gasteiger partial charge >= 0.3 is 6.61 Å². The van der Waals surface area contributed by atoms with E-state index in [1.165, 1.54) is 30.3 Å². The van der Waals surface area contributed by atoms with Crippen molar-refractivity contribution in [1.29, 1.82) is 0 Å². The first-order chi connectivity index (χ1) is 13.3. The van der Waals surface area contributed by atoms with Gasteiger partial charge in [-0.15, -0.1) is 11.3 Å². The quantitative estimate of drug-likeness (QED) is 0.466. The summed E-state index contributed by atoms with van der Waals surface area (Å²) in [6.45, 7) is -1.43. The molecule has 0 fully saturated rings. The van der Waals surface area contributed by atoms with Crippen LogP contribution in [0.15, 0.2) is 47.8 Å². The fraction of sp³-hybridized carbons (Fsp3) is 0.111. The molecule has 0 bridgehead atoms. The van der Waals surface area contributed by atoms with Gasteiger partial charge in [-0.2, -0.15) is 8.78 Å². The highest BCUT2D eigenvalue weighted by Crippen LogP contribution is 2.30. The lowest BCUT2D eigenvalue weighted by Crippen LogP contribution is -2.14. The van der Waals surface area contributed by atoms with Gasteiger partial charge in [-0.05, 0) is 19.1 Å². The summed E-state index contributed by atoms with van der Waals surface area (Å²) in [5, 5.41) is 15.5. The summed E-state index contributed by atoms with van der Waals surface area (Å²) in [5.41, 5.74) is 1.39. The molecule has 0 spiro atoms. The summed E-state index contributed by atoms with van der Waals surface area (Å²) in [6, 6.07) is 10.3. The summed E-state index contributed by atoms with van der Waals surface area (Å²) in [7, 11) is 0. The Hall–Kier alpha value is -3.40. The molecule has 2 aromatic carbocycles. The van der Waals surface area contributed by atoms with Gasteiger partial charge in [0.05, 0.1) is 16.2 Å². The molecular weight excluding hydrogens is 392 g/mol. The van der Waals surface area contributed by atoms with Gasteiger partial charge in [-0.25, -0.2) is 4.98 Å². The average Bonchev–Trinajstić information content (AvgIpc) is 3.10. The highest BCUT2D eigenvalue weighted by atomic mass is 32.1. The number of aromatic nitrogens is 1. The van der Waals surface area contributed by atoms with Gasteiger partial charge in [0.2, 0.25) is 0 Å². The van der Waals surface area contributed by atoms with Crippen LogP contribution in [0, 0.1) is 17.0 Å². The minimum Gasteiger partial charge on any atom is -0.434 e. The number of carbonyl (C=O) groups excluding carboxylic acids is 1. The molecule has 0 aliphatic heterocycles. The predicted octanol–water partition coefficient (Wildman–Crippen LogP) is 4.88. The van der Waals surface area contributed by atoms with Crippen molar-refractivity contribution in [3.8, 4) is 17.0 Å². The molecule has 3 aromatic rings. The third-order valence-electron chi connectivity index (χ3n) is 3.77. The SMILES string of the molecule is Cc1ccc(-c2csc(NC(=O)c3ccccc3OC(F)F)n2)cc1[N+](=O)[O-]. The lowest BCUT2D eigenvalue weighted by atomic mass is 10.1. The van der Waals surface area contributed by atoms with E-state index in [0.29, 0.717) is 16.8 Å². The van der Waals surface area contributed by atoms with Crippen LogP contribution in [0.3, 0.4) is 0 Å². The molecule has 10 heteroatoms. The van der Waals surface area contributed by atoms with Gasteiger partial charge < -0.3 is 4.74 Å². The number of benzene rings is 2. The number of para-hydroxylation sites is 1. The number of halogens is 2. The van der Waals surface area contributed by atoms with Gasteiger partial charge in [0.1, 0.15) is 5.75 Å². The number of anilines is 1. The minimum absolute atomic E-state index is 0.0332. The van der Waals surface area contributed by atoms with E-state index in [0.717, 1.165) is 11.3 Å². The molecule has 0 atom stereocenters. The number of nitrogens with one attached hydrogen (secondary N) is 1. The van der Waals surface area contributed by atoms with Crippen molar-refractivity contribution in [3.05, 3.63) is 69.1 Å². The van der Waals surface area contributed by atoms with E-state index in [1.54, 1.807) is 24.4 Å². The lowest BCUT2D eigenvalue weighted by molar-refractivity contribution is -0.385. The minimum atomic E-state index is -3.06. The molecule has 0 aliphatic rings. The second kappa shape index (κ2) is 8.09. The number of aryl methyl sites for hydroxylation is 1. The monoisotopic (exact) mass is 405 g/mol. The van der Waals surface area contributed by atoms with Crippen molar-refractivity contribution in [2.45, 2.75) is 13.5 Å². The molecule has 0 unspecified atom stereocenters. The van der Waals surface area contributed by atoms with E-state index in [2.05, 4.69) is 15.0 Å². The highest BCUT2D eigenvalue weighted by Gasteiger charge is 2.18. The number of alkyl halides is 2. The van der Waals surface area contributed by atoms with Crippen molar-refractivity contribution in [1.82, 2.24) is 4.98 Å². The van der Waals surface area contributed by atoms with E-state index in [9.17, 15) is 23.7 Å². The summed E-state index contributed by atoms with van der Waals surface area (Å²) in [4.78, 5) is 27.2. The first-order valence-electron chi connectivity index (χ1n) is 7.91. The third-order valence-corrected chi connectivity index (χ3v) is 4.53. The Balaban J connectivity index is 1.81. The smallest absolute Gasteiger partial charge is 0.387 e. The second-order valence-electron chi connectivity index (χ2n) is 5.63. The summed E-state index contributed by atoms with van der Waals surface area (Å²) in [6.07, 6.45) is 0. The molecule has 0 saturated heterocycles. The second-order valence-corrected chi connectivity index (χ2v) is 6.48. The molecule has 1 aromatic heterocycles. The Labute approximate surface area is 161 Å². The molecule has 144 valence electrons. The van der Waals surface area contributed by atoms with Gasteiger partial charge in [-0.1, -0.05) is 24.3 Å². The number of rotatable bonds is 6. The fourth-order valence-corrected chi connectivity index (χ4v) is 3.16. The van der Waals surface area contributed by atoms with Crippen molar-refractivity contribution in [3.63, 3.8) is 0 Å². The summed E-state index contributed by atoms with van der Waals surface area (Å²) < 4.78 is 29.3. The van der Waals surface area contributed by atoms with Crippen LogP contribution in [0.4, 0.5) is 19.6 Å². The molecule has 28 heavy (non-hydrogen) atoms. The average molecular weight is 405 g/mol. The van der Waals surface area contributed by atoms with Crippen LogP contribution in [-0.4, -0.2) is 22.4 Å². The molecular formula is C18H13F2N3O4S. The van der Waals surface area contributed by atoms with Crippen LogP contribution in [0.2, 0.25) is 0 Å². The number of nitrogens with zero attached hydrogens (tertiary/aromatic N) is 2. The Bertz CT molecular complexity index is 1040. The molecule has 1 N–H and O–H groups in total. The Morgan fingerprint density at radius 1 is 1.29 bits per heavy atom. The van der Waals surface area contributed by atoms with Gasteiger partial charge in [0.25, 0.3) is 11.6 Å². The molecule has 0 saturated carbocycles. The zero-order valence-electron chi connectivity index (χ0n) is 14.4. The number of hydrogen-bond donors (Lipinski definition) is 1. The zero-order valence-corrected chi connectivity index (χ0v) is 15.2. The van der Waals surface area contributed by atoms with E-state index in [1.807, 2.05) is 0 Å². The van der Waals surface area contributed by atoms with Crippen LogP contribution in [0.25, 0.3) is 11.3 Å². The van der Waals surface area contributed by atoms with E-state index in [-0.39, 0.29) is 22.1 Å². The van der Waals surface area contributed by atoms with Crippen LogP contribution < -0.4 is 10.1 Å². The van der Waals surface area contributed by atoms with E-state index in [4.69, 9.17) is 0 Å². The topological polar surface area (TPSA) is 94.4 Å². The highest BCUT2D eigenvalue weighted by molar-refractivity contribution is 7.14. The van der Waals surface area contributed by atoms with Crippen LogP contribution in [0.1, 0.15) is 15.9 Å². The molecule has 1 heterocycles. The first kappa shape index (κ1) is 19.4. The van der Waals surface area contributed by atoms with Crippen molar-refractivity contribution in [2.75, 3.05) is 5.32 Å². The van der Waals surface area contributed by atoms with Crippen LogP contribution in [-0.2, 0) is 0 Å². The number of nitro benzene ring substituents is 1. The number of ether oxygens (including phenoxy) is 1. The number of carbonyl (C=O) groups is 1. The van der Waals surface area contributed by atoms with Gasteiger partial charge in [-0.3, -0.25) is 20.2 Å². The fourth-order valence-electron chi connectivity index (χ4n) is 2.45. The largest absolute Gasteiger partial charge is 0.434 e. The maximum absolute atomic E-state index is 12.5. The van der Waals surface area contributed by atoms with Crippen LogP contribution in [0.5, 0.6) is 5.75 Å².